The molecule has 1 N–H and O–H groups in total. The van der Waals surface area contributed by atoms with E-state index in [9.17, 15) is 0 Å². The number of nitrogens with zero attached hydrogens (tertiary/aromatic N) is 4. The number of para-hydroxylation sites is 2. The molecule has 1 aliphatic rings. The van der Waals surface area contributed by atoms with Crippen molar-refractivity contribution < 1.29 is 0 Å². The number of hydrogen-bond donors (Lipinski definition) is 1. The van der Waals surface area contributed by atoms with Crippen LogP contribution in [0.1, 0.15) is 19.3 Å². The highest BCUT2D eigenvalue weighted by molar-refractivity contribution is 5.80. The van der Waals surface area contributed by atoms with E-state index in [4.69, 9.17) is 0 Å². The summed E-state index contributed by atoms with van der Waals surface area (Å²) in [5, 5.41) is 3.46. The molecule has 2 aromatic rings. The summed E-state index contributed by atoms with van der Waals surface area (Å²) in [7, 11) is 1.87. The van der Waals surface area contributed by atoms with E-state index in [0.717, 1.165) is 44.1 Å². The summed E-state index contributed by atoms with van der Waals surface area (Å²) >= 11 is 0. The van der Waals surface area contributed by atoms with Gasteiger partial charge in [-0.3, -0.25) is 4.99 Å². The number of hydrogen-bond acceptors (Lipinski definition) is 2. The number of aryl methyl sites for hydroxylation is 1. The van der Waals surface area contributed by atoms with Crippen LogP contribution in [0, 0.1) is 0 Å². The van der Waals surface area contributed by atoms with E-state index in [0.29, 0.717) is 0 Å². The van der Waals surface area contributed by atoms with Crippen molar-refractivity contribution in [1.29, 1.82) is 0 Å². The molecule has 0 bridgehead atoms. The Morgan fingerprint density at radius 3 is 2.90 bits per heavy atom. The van der Waals surface area contributed by atoms with Gasteiger partial charge in [-0.05, 0) is 31.4 Å². The van der Waals surface area contributed by atoms with Gasteiger partial charge in [0.15, 0.2) is 5.96 Å². The van der Waals surface area contributed by atoms with Crippen LogP contribution < -0.4 is 5.32 Å². The first kappa shape index (κ1) is 13.9. The van der Waals surface area contributed by atoms with Gasteiger partial charge in [0.25, 0.3) is 0 Å². The van der Waals surface area contributed by atoms with Crippen molar-refractivity contribution in [2.24, 2.45) is 4.99 Å². The quantitative estimate of drug-likeness (QED) is 0.531. The zero-order valence-corrected chi connectivity index (χ0v) is 12.6. The molecule has 0 aliphatic carbocycles. The predicted molar refractivity (Wildman–Crippen MR) is 86.5 cm³/mol. The monoisotopic (exact) mass is 285 g/mol. The Morgan fingerprint density at radius 1 is 1.29 bits per heavy atom. The van der Waals surface area contributed by atoms with Gasteiger partial charge < -0.3 is 14.8 Å². The molecule has 0 saturated carbocycles. The van der Waals surface area contributed by atoms with Gasteiger partial charge in [0.2, 0.25) is 0 Å². The highest BCUT2D eigenvalue weighted by Crippen LogP contribution is 2.12. The van der Waals surface area contributed by atoms with Crippen LogP contribution >= 0.6 is 0 Å². The normalized spacial score (nSPS) is 15.9. The number of aliphatic imine (C=N–C) groups is 1. The fourth-order valence-corrected chi connectivity index (χ4v) is 2.90. The van der Waals surface area contributed by atoms with E-state index in [1.807, 2.05) is 19.4 Å². The van der Waals surface area contributed by atoms with Crippen molar-refractivity contribution in [3.8, 4) is 0 Å². The lowest BCUT2D eigenvalue weighted by molar-refractivity contribution is 0.489. The van der Waals surface area contributed by atoms with E-state index >= 15 is 0 Å². The number of rotatable bonds is 4. The predicted octanol–water partition coefficient (Wildman–Crippen LogP) is 2.10. The highest BCUT2D eigenvalue weighted by atomic mass is 15.3. The first-order valence-corrected chi connectivity index (χ1v) is 7.74. The Bertz CT molecular complexity index is 610. The summed E-state index contributed by atoms with van der Waals surface area (Å²) in [5.74, 6) is 1.04. The van der Waals surface area contributed by atoms with Crippen molar-refractivity contribution in [1.82, 2.24) is 19.8 Å². The molecule has 3 rings (SSSR count). The highest BCUT2D eigenvalue weighted by Gasteiger charge is 2.14. The largest absolute Gasteiger partial charge is 0.356 e. The Hall–Kier alpha value is -2.04. The zero-order valence-electron chi connectivity index (χ0n) is 12.6. The lowest BCUT2D eigenvalue weighted by Crippen LogP contribution is -2.40. The second-order valence-corrected chi connectivity index (χ2v) is 5.45. The molecule has 0 atom stereocenters. The number of fused-ring (bicyclic) bond motifs is 1. The van der Waals surface area contributed by atoms with Crippen molar-refractivity contribution in [3.63, 3.8) is 0 Å². The van der Waals surface area contributed by atoms with Crippen molar-refractivity contribution in [2.75, 3.05) is 26.7 Å². The molecule has 1 saturated heterocycles. The molecule has 2 heterocycles. The topological polar surface area (TPSA) is 45.5 Å². The van der Waals surface area contributed by atoms with Crippen LogP contribution in [0.3, 0.4) is 0 Å². The Labute approximate surface area is 125 Å². The van der Waals surface area contributed by atoms with Crippen molar-refractivity contribution in [2.45, 2.75) is 25.8 Å². The third-order valence-corrected chi connectivity index (χ3v) is 4.00. The smallest absolute Gasteiger partial charge is 0.193 e. The zero-order chi connectivity index (χ0) is 14.5. The minimum atomic E-state index is 0.940. The molecular formula is C16H23N5. The van der Waals surface area contributed by atoms with E-state index in [1.54, 1.807) is 0 Å². The number of nitrogens with one attached hydrogen (secondary N) is 1. The molecule has 1 fully saturated rings. The molecule has 112 valence electrons. The molecule has 0 amide bonds. The van der Waals surface area contributed by atoms with Gasteiger partial charge >= 0.3 is 0 Å². The second-order valence-electron chi connectivity index (χ2n) is 5.45. The summed E-state index contributed by atoms with van der Waals surface area (Å²) in [5.41, 5.74) is 2.28. The maximum atomic E-state index is 4.42. The van der Waals surface area contributed by atoms with E-state index in [1.165, 1.54) is 18.4 Å². The molecular weight excluding hydrogens is 262 g/mol. The van der Waals surface area contributed by atoms with Crippen LogP contribution in [-0.2, 0) is 6.54 Å². The fourth-order valence-electron chi connectivity index (χ4n) is 2.90. The Balaban J connectivity index is 1.49. The van der Waals surface area contributed by atoms with Gasteiger partial charge in [-0.1, -0.05) is 12.1 Å². The van der Waals surface area contributed by atoms with Gasteiger partial charge in [-0.2, -0.15) is 0 Å². The fraction of sp³-hybridized carbons (Fsp3) is 0.500. The third-order valence-electron chi connectivity index (χ3n) is 4.00. The molecule has 5 nitrogen and oxygen atoms in total. The maximum Gasteiger partial charge on any atom is 0.193 e. The van der Waals surface area contributed by atoms with E-state index < -0.39 is 0 Å². The van der Waals surface area contributed by atoms with Crippen LogP contribution in [0.25, 0.3) is 11.0 Å². The van der Waals surface area contributed by atoms with Crippen LogP contribution in [0.2, 0.25) is 0 Å². The SMILES string of the molecule is CN=C(NCCCn1cnc2ccccc21)N1CCCC1. The summed E-state index contributed by atoms with van der Waals surface area (Å²) in [4.78, 5) is 11.1. The molecule has 0 spiro atoms. The first-order chi connectivity index (χ1) is 10.4. The average molecular weight is 285 g/mol. The summed E-state index contributed by atoms with van der Waals surface area (Å²) in [6.07, 6.45) is 5.55. The molecule has 0 unspecified atom stereocenters. The lowest BCUT2D eigenvalue weighted by Gasteiger charge is -2.20. The van der Waals surface area contributed by atoms with E-state index in [-0.39, 0.29) is 0 Å². The molecule has 1 aromatic carbocycles. The standard InChI is InChI=1S/C16H23N5/c1-17-16(20-10-4-5-11-20)18-9-6-12-21-13-19-14-7-2-3-8-15(14)21/h2-3,7-8,13H,4-6,9-12H2,1H3,(H,17,18). The number of guanidine groups is 1. The third kappa shape index (κ3) is 3.17. The van der Waals surface area contributed by atoms with Gasteiger partial charge in [0.05, 0.1) is 17.4 Å². The number of aromatic nitrogens is 2. The van der Waals surface area contributed by atoms with Crippen LogP contribution in [-0.4, -0.2) is 47.1 Å². The van der Waals surface area contributed by atoms with Crippen LogP contribution in [0.15, 0.2) is 35.6 Å². The Morgan fingerprint density at radius 2 is 2.10 bits per heavy atom. The second kappa shape index (κ2) is 6.61. The Kier molecular flexibility index (Phi) is 4.38. The minimum Gasteiger partial charge on any atom is -0.356 e. The summed E-state index contributed by atoms with van der Waals surface area (Å²) in [6.45, 7) is 4.18. The molecule has 21 heavy (non-hydrogen) atoms. The van der Waals surface area contributed by atoms with Crippen molar-refractivity contribution in [3.05, 3.63) is 30.6 Å². The molecule has 1 aromatic heterocycles. The molecule has 0 radical (unpaired) electrons. The van der Waals surface area contributed by atoms with E-state index in [2.05, 4.69) is 43.0 Å². The minimum absolute atomic E-state index is 0.940. The maximum absolute atomic E-state index is 4.42. The lowest BCUT2D eigenvalue weighted by atomic mass is 10.3. The molecule has 5 heteroatoms. The van der Waals surface area contributed by atoms with Gasteiger partial charge in [0, 0.05) is 33.2 Å². The number of likely N-dealkylation sites (tertiary alicyclic amines) is 1. The molecule has 1 aliphatic heterocycles. The van der Waals surface area contributed by atoms with Gasteiger partial charge in [0.1, 0.15) is 0 Å². The first-order valence-electron chi connectivity index (χ1n) is 7.74. The number of benzene rings is 1. The van der Waals surface area contributed by atoms with Crippen LogP contribution in [0.5, 0.6) is 0 Å². The van der Waals surface area contributed by atoms with Crippen molar-refractivity contribution >= 4 is 17.0 Å². The summed E-state index contributed by atoms with van der Waals surface area (Å²) in [6, 6.07) is 8.27. The van der Waals surface area contributed by atoms with Crippen LogP contribution in [0.4, 0.5) is 0 Å². The summed E-state index contributed by atoms with van der Waals surface area (Å²) < 4.78 is 2.22. The average Bonchev–Trinajstić information content (AvgIpc) is 3.17. The number of imidazole rings is 1. The van der Waals surface area contributed by atoms with Gasteiger partial charge in [-0.15, -0.1) is 0 Å². The van der Waals surface area contributed by atoms with Gasteiger partial charge in [-0.25, -0.2) is 4.98 Å².